The smallest absolute Gasteiger partial charge is 0.253 e. The van der Waals surface area contributed by atoms with E-state index in [4.69, 9.17) is 9.47 Å². The van der Waals surface area contributed by atoms with Crippen molar-refractivity contribution in [3.63, 3.8) is 0 Å². The van der Waals surface area contributed by atoms with Crippen LogP contribution in [0.5, 0.6) is 11.5 Å². The van der Waals surface area contributed by atoms with Crippen LogP contribution < -0.4 is 9.47 Å². The second kappa shape index (κ2) is 7.31. The number of fused-ring (bicyclic) bond motifs is 1. The number of piperidine rings is 1. The lowest BCUT2D eigenvalue weighted by atomic mass is 10.0. The Morgan fingerprint density at radius 3 is 2.52 bits per heavy atom. The molecule has 0 saturated carbocycles. The Bertz CT molecular complexity index is 958. The van der Waals surface area contributed by atoms with Gasteiger partial charge in [0.1, 0.15) is 0 Å². The maximum atomic E-state index is 12.9. The molecule has 0 aliphatic carbocycles. The van der Waals surface area contributed by atoms with Crippen LogP contribution >= 0.6 is 0 Å². The first-order valence-corrected chi connectivity index (χ1v) is 9.14. The summed E-state index contributed by atoms with van der Waals surface area (Å²) in [7, 11) is 3.16. The van der Waals surface area contributed by atoms with Gasteiger partial charge < -0.3 is 18.9 Å². The number of likely N-dealkylation sites (tertiary alicyclic amines) is 1. The molecular weight excluding hydrogens is 342 g/mol. The number of methoxy groups -OCH3 is 2. The third-order valence-electron chi connectivity index (χ3n) is 5.26. The number of carbonyl (C=O) groups excluding carboxylic acids is 1. The van der Waals surface area contributed by atoms with E-state index in [0.717, 1.165) is 37.0 Å². The maximum absolute atomic E-state index is 12.9. The quantitative estimate of drug-likeness (QED) is 0.710. The highest BCUT2D eigenvalue weighted by Gasteiger charge is 2.26. The summed E-state index contributed by atoms with van der Waals surface area (Å²) < 4.78 is 12.8. The van der Waals surface area contributed by atoms with Gasteiger partial charge in [-0.1, -0.05) is 12.1 Å². The van der Waals surface area contributed by atoms with E-state index in [2.05, 4.69) is 15.6 Å². The van der Waals surface area contributed by atoms with Crippen molar-refractivity contribution in [2.45, 2.75) is 18.9 Å². The minimum atomic E-state index is 0.0323. The van der Waals surface area contributed by atoms with Crippen molar-refractivity contribution in [1.29, 1.82) is 0 Å². The van der Waals surface area contributed by atoms with Gasteiger partial charge in [0, 0.05) is 24.7 Å². The Hall–Kier alpha value is -3.02. The molecule has 3 aromatic rings. The van der Waals surface area contributed by atoms with E-state index in [-0.39, 0.29) is 5.91 Å². The molecule has 4 rings (SSSR count). The SMILES string of the molecule is COc1ccc(C(=O)N2CCC(n3cnc4ccccc43)CC2)cc1OC. The summed E-state index contributed by atoms with van der Waals surface area (Å²) >= 11 is 0. The molecule has 2 aromatic carbocycles. The first-order valence-electron chi connectivity index (χ1n) is 9.14. The summed E-state index contributed by atoms with van der Waals surface area (Å²) in [5.41, 5.74) is 2.79. The van der Waals surface area contributed by atoms with Gasteiger partial charge in [-0.2, -0.15) is 0 Å². The third kappa shape index (κ3) is 3.23. The molecule has 1 fully saturated rings. The molecule has 6 heteroatoms. The number of amides is 1. The van der Waals surface area contributed by atoms with Crippen LogP contribution in [-0.2, 0) is 0 Å². The van der Waals surface area contributed by atoms with Crippen molar-refractivity contribution >= 4 is 16.9 Å². The maximum Gasteiger partial charge on any atom is 0.253 e. The van der Waals surface area contributed by atoms with E-state index >= 15 is 0 Å². The number of hydrogen-bond donors (Lipinski definition) is 0. The molecule has 1 aliphatic heterocycles. The van der Waals surface area contributed by atoms with Crippen LogP contribution in [0.15, 0.2) is 48.8 Å². The van der Waals surface area contributed by atoms with Gasteiger partial charge in [0.05, 0.1) is 31.6 Å². The van der Waals surface area contributed by atoms with Crippen molar-refractivity contribution in [2.75, 3.05) is 27.3 Å². The summed E-state index contributed by atoms with van der Waals surface area (Å²) in [5.74, 6) is 1.23. The van der Waals surface area contributed by atoms with Crippen molar-refractivity contribution in [3.8, 4) is 11.5 Å². The van der Waals surface area contributed by atoms with Gasteiger partial charge in [0.15, 0.2) is 11.5 Å². The van der Waals surface area contributed by atoms with E-state index in [9.17, 15) is 4.79 Å². The molecule has 2 heterocycles. The number of imidazole rings is 1. The monoisotopic (exact) mass is 365 g/mol. The third-order valence-corrected chi connectivity index (χ3v) is 5.26. The molecule has 1 amide bonds. The van der Waals surface area contributed by atoms with Crippen LogP contribution in [0.2, 0.25) is 0 Å². The molecule has 1 saturated heterocycles. The highest BCUT2D eigenvalue weighted by Crippen LogP contribution is 2.30. The summed E-state index contributed by atoms with van der Waals surface area (Å²) in [6.07, 6.45) is 3.75. The van der Waals surface area contributed by atoms with Crippen molar-refractivity contribution in [2.24, 2.45) is 0 Å². The Morgan fingerprint density at radius 2 is 1.78 bits per heavy atom. The highest BCUT2D eigenvalue weighted by molar-refractivity contribution is 5.95. The Kier molecular flexibility index (Phi) is 4.71. The lowest BCUT2D eigenvalue weighted by Crippen LogP contribution is -2.39. The first kappa shape index (κ1) is 17.4. The average Bonchev–Trinajstić information content (AvgIpc) is 3.17. The van der Waals surface area contributed by atoms with E-state index in [1.807, 2.05) is 29.4 Å². The van der Waals surface area contributed by atoms with E-state index < -0.39 is 0 Å². The van der Waals surface area contributed by atoms with E-state index in [1.165, 1.54) is 0 Å². The zero-order valence-corrected chi connectivity index (χ0v) is 15.6. The minimum Gasteiger partial charge on any atom is -0.493 e. The molecule has 6 nitrogen and oxygen atoms in total. The number of carbonyl (C=O) groups is 1. The molecule has 0 N–H and O–H groups in total. The zero-order chi connectivity index (χ0) is 18.8. The zero-order valence-electron chi connectivity index (χ0n) is 15.6. The van der Waals surface area contributed by atoms with E-state index in [1.54, 1.807) is 32.4 Å². The van der Waals surface area contributed by atoms with Crippen LogP contribution in [0.4, 0.5) is 0 Å². The van der Waals surface area contributed by atoms with Gasteiger partial charge in [0.2, 0.25) is 0 Å². The van der Waals surface area contributed by atoms with Crippen molar-refractivity contribution in [1.82, 2.24) is 14.5 Å². The number of aromatic nitrogens is 2. The number of hydrogen-bond acceptors (Lipinski definition) is 4. The molecule has 0 spiro atoms. The van der Waals surface area contributed by atoms with Gasteiger partial charge >= 0.3 is 0 Å². The largest absolute Gasteiger partial charge is 0.493 e. The topological polar surface area (TPSA) is 56.6 Å². The van der Waals surface area contributed by atoms with Crippen molar-refractivity contribution in [3.05, 3.63) is 54.4 Å². The van der Waals surface area contributed by atoms with Crippen LogP contribution in [-0.4, -0.2) is 47.7 Å². The molecule has 1 aliphatic rings. The number of rotatable bonds is 4. The predicted octanol–water partition coefficient (Wildman–Crippen LogP) is 3.53. The van der Waals surface area contributed by atoms with Crippen LogP contribution in [0.1, 0.15) is 29.2 Å². The Balaban J connectivity index is 1.47. The summed E-state index contributed by atoms with van der Waals surface area (Å²) in [6.45, 7) is 1.45. The number of nitrogens with zero attached hydrogens (tertiary/aromatic N) is 3. The predicted molar refractivity (Wildman–Crippen MR) is 103 cm³/mol. The van der Waals surface area contributed by atoms with Crippen molar-refractivity contribution < 1.29 is 14.3 Å². The Labute approximate surface area is 158 Å². The second-order valence-electron chi connectivity index (χ2n) is 6.73. The van der Waals surface area contributed by atoms with Gasteiger partial charge in [-0.3, -0.25) is 4.79 Å². The Morgan fingerprint density at radius 1 is 1.04 bits per heavy atom. The molecule has 1 aromatic heterocycles. The molecular formula is C21H23N3O3. The lowest BCUT2D eigenvalue weighted by molar-refractivity contribution is 0.0695. The normalized spacial score (nSPS) is 15.1. The molecule has 140 valence electrons. The fourth-order valence-corrected chi connectivity index (χ4v) is 3.77. The molecule has 27 heavy (non-hydrogen) atoms. The average molecular weight is 365 g/mol. The summed E-state index contributed by atoms with van der Waals surface area (Å²) in [4.78, 5) is 19.3. The van der Waals surface area contributed by atoms with Crippen LogP contribution in [0, 0.1) is 0 Å². The molecule has 0 unspecified atom stereocenters. The number of ether oxygens (including phenoxy) is 2. The van der Waals surface area contributed by atoms with Crippen LogP contribution in [0.3, 0.4) is 0 Å². The lowest BCUT2D eigenvalue weighted by Gasteiger charge is -2.33. The standard InChI is InChI=1S/C21H23N3O3/c1-26-19-8-7-15(13-20(19)27-2)21(25)23-11-9-16(10-12-23)24-14-22-17-5-3-4-6-18(17)24/h3-8,13-14,16H,9-12H2,1-2H3. The van der Waals surface area contributed by atoms with Gasteiger partial charge in [-0.05, 0) is 43.2 Å². The second-order valence-corrected chi connectivity index (χ2v) is 6.73. The molecule has 0 bridgehead atoms. The van der Waals surface area contributed by atoms with E-state index in [0.29, 0.717) is 23.1 Å². The fourth-order valence-electron chi connectivity index (χ4n) is 3.77. The summed E-state index contributed by atoms with van der Waals surface area (Å²) in [6, 6.07) is 13.9. The van der Waals surface area contributed by atoms with Gasteiger partial charge in [-0.15, -0.1) is 0 Å². The molecule has 0 radical (unpaired) electrons. The number of para-hydroxylation sites is 2. The minimum absolute atomic E-state index is 0.0323. The number of benzene rings is 2. The fraction of sp³-hybridized carbons (Fsp3) is 0.333. The highest BCUT2D eigenvalue weighted by atomic mass is 16.5. The summed E-state index contributed by atoms with van der Waals surface area (Å²) in [5, 5.41) is 0. The van der Waals surface area contributed by atoms with Crippen LogP contribution in [0.25, 0.3) is 11.0 Å². The first-order chi connectivity index (χ1) is 13.2. The van der Waals surface area contributed by atoms with Gasteiger partial charge in [0.25, 0.3) is 5.91 Å². The molecule has 0 atom stereocenters. The van der Waals surface area contributed by atoms with Gasteiger partial charge in [-0.25, -0.2) is 4.98 Å².